The molecule has 0 bridgehead atoms. The van der Waals surface area contributed by atoms with E-state index in [-0.39, 0.29) is 11.3 Å². The lowest BCUT2D eigenvalue weighted by Gasteiger charge is -2.16. The maximum atomic E-state index is 13.6. The monoisotopic (exact) mass is 458 g/mol. The number of anilines is 2. The Hall–Kier alpha value is -4.26. The average molecular weight is 459 g/mol. The number of para-hydroxylation sites is 1. The van der Waals surface area contributed by atoms with E-state index in [9.17, 15) is 9.59 Å². The molecule has 34 heavy (non-hydrogen) atoms. The molecule has 0 aliphatic carbocycles. The molecule has 1 heterocycles. The molecular formula is C27H26N2O5. The van der Waals surface area contributed by atoms with Gasteiger partial charge in [-0.05, 0) is 48.9 Å². The third-order valence-electron chi connectivity index (χ3n) is 5.37. The van der Waals surface area contributed by atoms with E-state index in [1.165, 1.54) is 7.11 Å². The van der Waals surface area contributed by atoms with Crippen molar-refractivity contribution in [1.29, 1.82) is 0 Å². The molecule has 1 aliphatic heterocycles. The van der Waals surface area contributed by atoms with Crippen LogP contribution in [0.5, 0.6) is 17.2 Å². The number of rotatable bonds is 9. The van der Waals surface area contributed by atoms with Gasteiger partial charge in [-0.1, -0.05) is 31.2 Å². The Morgan fingerprint density at radius 3 is 2.29 bits per heavy atom. The van der Waals surface area contributed by atoms with Gasteiger partial charge in [-0.3, -0.25) is 9.59 Å². The van der Waals surface area contributed by atoms with E-state index < -0.39 is 11.8 Å². The molecule has 1 N–H and O–H groups in total. The number of nitrogens with one attached hydrogen (secondary N) is 1. The van der Waals surface area contributed by atoms with Crippen LogP contribution >= 0.6 is 0 Å². The lowest BCUT2D eigenvalue weighted by atomic mass is 10.0. The molecule has 0 saturated carbocycles. The van der Waals surface area contributed by atoms with E-state index in [1.807, 2.05) is 31.2 Å². The van der Waals surface area contributed by atoms with Gasteiger partial charge in [-0.25, -0.2) is 4.90 Å². The fraction of sp³-hybridized carbons (Fsp3) is 0.185. The first-order valence-electron chi connectivity index (χ1n) is 11.0. The lowest BCUT2D eigenvalue weighted by molar-refractivity contribution is -0.120. The minimum Gasteiger partial charge on any atom is -0.497 e. The molecule has 0 aromatic heterocycles. The summed E-state index contributed by atoms with van der Waals surface area (Å²) in [5.74, 6) is 0.893. The fourth-order valence-corrected chi connectivity index (χ4v) is 3.74. The lowest BCUT2D eigenvalue weighted by Crippen LogP contribution is -2.32. The van der Waals surface area contributed by atoms with Gasteiger partial charge >= 0.3 is 0 Å². The Morgan fingerprint density at radius 2 is 1.59 bits per heavy atom. The number of hydrogen-bond donors (Lipinski definition) is 1. The highest BCUT2D eigenvalue weighted by atomic mass is 16.5. The Bertz CT molecular complexity index is 1230. The smallest absolute Gasteiger partial charge is 0.282 e. The van der Waals surface area contributed by atoms with Crippen molar-refractivity contribution in [1.82, 2.24) is 0 Å². The Morgan fingerprint density at radius 1 is 0.824 bits per heavy atom. The standard InChI is InChI=1S/C27H26N2O5/c1-4-16-34-21-9-7-8-18(17-21)28-25-24(22-10-5-6-11-23(22)33-3)26(30)29(27(25)31)19-12-14-20(32-2)15-13-19/h5-15,17,28H,4,16H2,1-3H3. The van der Waals surface area contributed by atoms with Crippen LogP contribution in [0.4, 0.5) is 11.4 Å². The zero-order valence-corrected chi connectivity index (χ0v) is 19.3. The second-order valence-corrected chi connectivity index (χ2v) is 7.60. The van der Waals surface area contributed by atoms with Crippen molar-refractivity contribution in [3.63, 3.8) is 0 Å². The molecule has 174 valence electrons. The molecule has 0 unspecified atom stereocenters. The van der Waals surface area contributed by atoms with E-state index in [1.54, 1.807) is 55.6 Å². The van der Waals surface area contributed by atoms with Crippen molar-refractivity contribution in [2.24, 2.45) is 0 Å². The van der Waals surface area contributed by atoms with Gasteiger partial charge in [0.2, 0.25) is 0 Å². The number of imide groups is 1. The number of methoxy groups -OCH3 is 2. The molecule has 7 heteroatoms. The van der Waals surface area contributed by atoms with Crippen LogP contribution in [0.3, 0.4) is 0 Å². The van der Waals surface area contributed by atoms with Crippen LogP contribution in [-0.4, -0.2) is 32.6 Å². The number of nitrogens with zero attached hydrogens (tertiary/aromatic N) is 1. The summed E-state index contributed by atoms with van der Waals surface area (Å²) in [6.45, 7) is 2.62. The molecule has 4 rings (SSSR count). The van der Waals surface area contributed by atoms with E-state index in [0.717, 1.165) is 11.3 Å². The number of hydrogen-bond acceptors (Lipinski definition) is 6. The van der Waals surface area contributed by atoms with E-state index >= 15 is 0 Å². The summed E-state index contributed by atoms with van der Waals surface area (Å²) in [5.41, 5.74) is 2.00. The second-order valence-electron chi connectivity index (χ2n) is 7.60. The number of carbonyl (C=O) groups excluding carboxylic acids is 2. The van der Waals surface area contributed by atoms with Gasteiger partial charge in [-0.15, -0.1) is 0 Å². The summed E-state index contributed by atoms with van der Waals surface area (Å²) in [6, 6.07) is 21.2. The molecule has 0 atom stereocenters. The molecule has 3 aromatic carbocycles. The molecule has 0 radical (unpaired) electrons. The SMILES string of the molecule is CCCOc1cccc(NC2=C(c3ccccc3OC)C(=O)N(c3ccc(OC)cc3)C2=O)c1. The molecule has 3 aromatic rings. The van der Waals surface area contributed by atoms with Crippen molar-refractivity contribution in [2.45, 2.75) is 13.3 Å². The predicted molar refractivity (Wildman–Crippen MR) is 131 cm³/mol. The molecule has 7 nitrogen and oxygen atoms in total. The van der Waals surface area contributed by atoms with Crippen LogP contribution < -0.4 is 24.4 Å². The van der Waals surface area contributed by atoms with Gasteiger partial charge in [0.05, 0.1) is 32.1 Å². The summed E-state index contributed by atoms with van der Waals surface area (Å²) >= 11 is 0. The molecule has 2 amide bonds. The predicted octanol–water partition coefficient (Wildman–Crippen LogP) is 4.89. The average Bonchev–Trinajstić information content (AvgIpc) is 3.11. The Kier molecular flexibility index (Phi) is 6.82. The van der Waals surface area contributed by atoms with E-state index in [2.05, 4.69) is 5.32 Å². The topological polar surface area (TPSA) is 77.1 Å². The minimum atomic E-state index is -0.462. The van der Waals surface area contributed by atoms with Gasteiger partial charge in [0.1, 0.15) is 22.9 Å². The van der Waals surface area contributed by atoms with Crippen LogP contribution in [0.1, 0.15) is 18.9 Å². The zero-order chi connectivity index (χ0) is 24.1. The van der Waals surface area contributed by atoms with E-state index in [0.29, 0.717) is 40.8 Å². The van der Waals surface area contributed by atoms with Crippen molar-refractivity contribution in [2.75, 3.05) is 31.0 Å². The number of benzene rings is 3. The third kappa shape index (κ3) is 4.45. The van der Waals surface area contributed by atoms with Crippen molar-refractivity contribution in [3.05, 3.63) is 84.1 Å². The van der Waals surface area contributed by atoms with E-state index in [4.69, 9.17) is 14.2 Å². The van der Waals surface area contributed by atoms with Crippen LogP contribution in [0.15, 0.2) is 78.5 Å². The van der Waals surface area contributed by atoms with Crippen molar-refractivity contribution < 1.29 is 23.8 Å². The highest BCUT2D eigenvalue weighted by Crippen LogP contribution is 2.38. The molecule has 0 saturated heterocycles. The second kappa shape index (κ2) is 10.1. The first-order valence-corrected chi connectivity index (χ1v) is 11.0. The Labute approximate surface area is 198 Å². The van der Waals surface area contributed by atoms with Gasteiger partial charge in [0, 0.05) is 17.3 Å². The summed E-state index contributed by atoms with van der Waals surface area (Å²) in [4.78, 5) is 28.4. The van der Waals surface area contributed by atoms with Crippen LogP contribution in [0.25, 0.3) is 5.57 Å². The summed E-state index contributed by atoms with van der Waals surface area (Å²) in [6.07, 6.45) is 0.880. The van der Waals surface area contributed by atoms with Crippen molar-refractivity contribution in [3.8, 4) is 17.2 Å². The largest absolute Gasteiger partial charge is 0.497 e. The van der Waals surface area contributed by atoms with Crippen LogP contribution in [0, 0.1) is 0 Å². The quantitative estimate of drug-likeness (QED) is 0.460. The number of ether oxygens (including phenoxy) is 3. The normalized spacial score (nSPS) is 13.3. The molecule has 1 aliphatic rings. The van der Waals surface area contributed by atoms with Crippen molar-refractivity contribution >= 4 is 28.8 Å². The highest BCUT2D eigenvalue weighted by Gasteiger charge is 2.41. The van der Waals surface area contributed by atoms with Gasteiger partial charge < -0.3 is 19.5 Å². The number of amides is 2. The molecular weight excluding hydrogens is 432 g/mol. The number of carbonyl (C=O) groups is 2. The van der Waals surface area contributed by atoms with Gasteiger partial charge in [0.25, 0.3) is 11.8 Å². The third-order valence-corrected chi connectivity index (χ3v) is 5.37. The van der Waals surface area contributed by atoms with Gasteiger partial charge in [0.15, 0.2) is 0 Å². The van der Waals surface area contributed by atoms with Crippen LogP contribution in [0.2, 0.25) is 0 Å². The maximum Gasteiger partial charge on any atom is 0.282 e. The summed E-state index contributed by atoms with van der Waals surface area (Å²) in [5, 5.41) is 3.17. The Balaban J connectivity index is 1.78. The first-order chi connectivity index (χ1) is 16.6. The zero-order valence-electron chi connectivity index (χ0n) is 19.3. The van der Waals surface area contributed by atoms with Crippen LogP contribution in [-0.2, 0) is 9.59 Å². The maximum absolute atomic E-state index is 13.6. The molecule has 0 spiro atoms. The highest BCUT2D eigenvalue weighted by molar-refractivity contribution is 6.46. The van der Waals surface area contributed by atoms with Gasteiger partial charge in [-0.2, -0.15) is 0 Å². The minimum absolute atomic E-state index is 0.165. The fourth-order valence-electron chi connectivity index (χ4n) is 3.74. The summed E-state index contributed by atoms with van der Waals surface area (Å²) < 4.78 is 16.4. The molecule has 0 fully saturated rings. The summed E-state index contributed by atoms with van der Waals surface area (Å²) in [7, 11) is 3.09. The first kappa shape index (κ1) is 22.9.